The molecule has 0 aliphatic rings. The number of carbonyl (C=O) groups is 3. The van der Waals surface area contributed by atoms with E-state index in [-0.39, 0.29) is 23.3 Å². The number of fused-ring (bicyclic) bond motifs is 1. The van der Waals surface area contributed by atoms with Gasteiger partial charge in [-0.05, 0) is 53.7 Å². The Bertz CT molecular complexity index is 1770. The van der Waals surface area contributed by atoms with Gasteiger partial charge in [0.05, 0.1) is 22.6 Å². The van der Waals surface area contributed by atoms with Gasteiger partial charge < -0.3 is 15.2 Å². The van der Waals surface area contributed by atoms with Gasteiger partial charge in [-0.3, -0.25) is 34.3 Å². The molecule has 4 rings (SSSR count). The third-order valence-electron chi connectivity index (χ3n) is 7.35. The topological polar surface area (TPSA) is 171 Å². The second kappa shape index (κ2) is 13.4. The third kappa shape index (κ3) is 6.53. The highest BCUT2D eigenvalue weighted by atomic mass is 16.2. The van der Waals surface area contributed by atoms with Crippen LogP contribution in [0.25, 0.3) is 11.2 Å². The maximum atomic E-state index is 13.1. The Morgan fingerprint density at radius 1 is 1.00 bits per heavy atom. The van der Waals surface area contributed by atoms with Crippen molar-refractivity contribution < 1.29 is 14.4 Å². The first-order chi connectivity index (χ1) is 21.0. The Kier molecular flexibility index (Phi) is 9.61. The lowest BCUT2D eigenvalue weighted by atomic mass is 10.2. The van der Waals surface area contributed by atoms with Crippen LogP contribution in [-0.4, -0.2) is 70.1 Å². The Morgan fingerprint density at radius 2 is 1.68 bits per heavy atom. The SMILES string of the molecule is C/C=C(/C(=O)Nc1nc2cc(C(N)=O)cnc2n1C/C=C/Cn1c(NC(=O)c2cc(C)nn2CC)nc(C)c1C)N(C)CC. The predicted molar refractivity (Wildman–Crippen MR) is 168 cm³/mol. The second-order valence-electron chi connectivity index (χ2n) is 10.2. The highest BCUT2D eigenvalue weighted by molar-refractivity contribution is 6.03. The molecule has 4 aromatic heterocycles. The first-order valence-corrected chi connectivity index (χ1v) is 14.4. The van der Waals surface area contributed by atoms with Gasteiger partial charge in [0.25, 0.3) is 11.8 Å². The van der Waals surface area contributed by atoms with Crippen LogP contribution in [0, 0.1) is 20.8 Å². The average Bonchev–Trinajstić information content (AvgIpc) is 3.63. The molecule has 4 heterocycles. The molecule has 44 heavy (non-hydrogen) atoms. The summed E-state index contributed by atoms with van der Waals surface area (Å²) in [4.78, 5) is 53.3. The van der Waals surface area contributed by atoms with E-state index in [1.807, 2.05) is 63.3 Å². The van der Waals surface area contributed by atoms with Gasteiger partial charge in [-0.25, -0.2) is 15.0 Å². The van der Waals surface area contributed by atoms with Crippen molar-refractivity contribution in [2.24, 2.45) is 5.73 Å². The minimum Gasteiger partial charge on any atom is -0.371 e. The average molecular weight is 602 g/mol. The standard InChI is InChI=1S/C30H39N11O3/c1-8-23(38(7)9-2)27(43)35-30-34-22-16-21(25(31)42)17-32-26(22)40(30)14-12-11-13-39-20(6)19(5)33-29(39)36-28(44)24-15-18(4)37-41(24)10-3/h8,11-12,15-17H,9-10,13-14H2,1-7H3,(H2,31,42)(H,33,36,44)(H,34,35,43)/b12-11+,23-8-. The molecule has 14 nitrogen and oxygen atoms in total. The molecule has 0 atom stereocenters. The van der Waals surface area contributed by atoms with E-state index in [1.54, 1.807) is 34.4 Å². The van der Waals surface area contributed by atoms with Crippen molar-refractivity contribution in [1.29, 1.82) is 0 Å². The zero-order chi connectivity index (χ0) is 32.1. The van der Waals surface area contributed by atoms with E-state index >= 15 is 0 Å². The first-order valence-electron chi connectivity index (χ1n) is 14.4. The Hall–Kier alpha value is -5.27. The van der Waals surface area contributed by atoms with E-state index in [0.717, 1.165) is 17.1 Å². The zero-order valence-corrected chi connectivity index (χ0v) is 26.2. The van der Waals surface area contributed by atoms with Crippen LogP contribution in [0.1, 0.15) is 58.7 Å². The van der Waals surface area contributed by atoms with Crippen LogP contribution in [0.5, 0.6) is 0 Å². The molecule has 0 spiro atoms. The monoisotopic (exact) mass is 601 g/mol. The number of nitrogens with two attached hydrogens (primary N) is 1. The molecule has 4 N–H and O–H groups in total. The van der Waals surface area contributed by atoms with Gasteiger partial charge in [-0.2, -0.15) is 5.10 Å². The molecule has 0 aliphatic carbocycles. The van der Waals surface area contributed by atoms with Gasteiger partial charge in [0.1, 0.15) is 11.2 Å². The highest BCUT2D eigenvalue weighted by Crippen LogP contribution is 2.21. The molecule has 0 bridgehead atoms. The molecule has 0 saturated heterocycles. The van der Waals surface area contributed by atoms with Crippen LogP contribution in [0.2, 0.25) is 0 Å². The molecule has 0 radical (unpaired) electrons. The first kappa shape index (κ1) is 31.7. The lowest BCUT2D eigenvalue weighted by molar-refractivity contribution is -0.114. The number of anilines is 2. The number of rotatable bonds is 12. The summed E-state index contributed by atoms with van der Waals surface area (Å²) >= 11 is 0. The van der Waals surface area contributed by atoms with E-state index < -0.39 is 5.91 Å². The lowest BCUT2D eigenvalue weighted by Crippen LogP contribution is -2.28. The fourth-order valence-electron chi connectivity index (χ4n) is 4.74. The Morgan fingerprint density at radius 3 is 2.32 bits per heavy atom. The quantitative estimate of drug-likeness (QED) is 0.164. The summed E-state index contributed by atoms with van der Waals surface area (Å²) in [5.41, 5.74) is 9.98. The second-order valence-corrected chi connectivity index (χ2v) is 10.2. The fourth-order valence-corrected chi connectivity index (χ4v) is 4.74. The van der Waals surface area contributed by atoms with Crippen molar-refractivity contribution in [2.75, 3.05) is 24.2 Å². The van der Waals surface area contributed by atoms with E-state index in [4.69, 9.17) is 5.73 Å². The van der Waals surface area contributed by atoms with E-state index in [0.29, 0.717) is 54.7 Å². The minimum atomic E-state index is -0.622. The van der Waals surface area contributed by atoms with Gasteiger partial charge in [0.15, 0.2) is 5.65 Å². The molecular formula is C30H39N11O3. The highest BCUT2D eigenvalue weighted by Gasteiger charge is 2.20. The van der Waals surface area contributed by atoms with Crippen LogP contribution in [0.4, 0.5) is 11.9 Å². The van der Waals surface area contributed by atoms with Crippen molar-refractivity contribution in [3.8, 4) is 0 Å². The van der Waals surface area contributed by atoms with Crippen LogP contribution >= 0.6 is 0 Å². The van der Waals surface area contributed by atoms with E-state index in [2.05, 4.69) is 30.7 Å². The molecule has 4 aromatic rings. The maximum absolute atomic E-state index is 13.1. The number of pyridine rings is 1. The summed E-state index contributed by atoms with van der Waals surface area (Å²) in [6, 6.07) is 3.30. The number of hydrogen-bond donors (Lipinski definition) is 3. The molecule has 0 fully saturated rings. The summed E-state index contributed by atoms with van der Waals surface area (Å²) in [5.74, 6) is -0.529. The van der Waals surface area contributed by atoms with Gasteiger partial charge in [-0.15, -0.1) is 0 Å². The number of allylic oxidation sites excluding steroid dienone is 3. The normalized spacial score (nSPS) is 11.8. The zero-order valence-electron chi connectivity index (χ0n) is 26.2. The number of primary amides is 1. The van der Waals surface area contributed by atoms with Gasteiger partial charge in [0, 0.05) is 45.1 Å². The summed E-state index contributed by atoms with van der Waals surface area (Å²) in [6.45, 7) is 13.3. The smallest absolute Gasteiger partial charge is 0.276 e. The van der Waals surface area contributed by atoms with Crippen LogP contribution in [-0.2, 0) is 24.4 Å². The Labute approximate surface area is 255 Å². The number of aryl methyl sites for hydroxylation is 3. The molecule has 232 valence electrons. The van der Waals surface area contributed by atoms with E-state index in [1.165, 1.54) is 6.20 Å². The molecule has 14 heteroatoms. The number of hydrogen-bond acceptors (Lipinski definition) is 8. The van der Waals surface area contributed by atoms with Gasteiger partial charge in [0.2, 0.25) is 17.8 Å². The summed E-state index contributed by atoms with van der Waals surface area (Å²) in [6.07, 6.45) is 6.96. The van der Waals surface area contributed by atoms with Crippen LogP contribution in [0.15, 0.2) is 42.3 Å². The van der Waals surface area contributed by atoms with Crippen molar-refractivity contribution in [3.05, 3.63) is 70.6 Å². The maximum Gasteiger partial charge on any atom is 0.276 e. The summed E-state index contributed by atoms with van der Waals surface area (Å²) in [5, 5.41) is 10.2. The van der Waals surface area contributed by atoms with Crippen molar-refractivity contribution in [2.45, 2.75) is 61.2 Å². The van der Waals surface area contributed by atoms with Crippen molar-refractivity contribution in [3.63, 3.8) is 0 Å². The number of carbonyl (C=O) groups excluding carboxylic acids is 3. The number of imidazole rings is 2. The number of nitrogens with one attached hydrogen (secondary N) is 2. The lowest BCUT2D eigenvalue weighted by Gasteiger charge is -2.19. The van der Waals surface area contributed by atoms with Gasteiger partial charge in [-0.1, -0.05) is 18.2 Å². The predicted octanol–water partition coefficient (Wildman–Crippen LogP) is 3.17. The van der Waals surface area contributed by atoms with Crippen molar-refractivity contribution >= 4 is 40.8 Å². The van der Waals surface area contributed by atoms with Crippen LogP contribution in [0.3, 0.4) is 0 Å². The summed E-state index contributed by atoms with van der Waals surface area (Å²) in [7, 11) is 1.83. The molecule has 0 saturated carbocycles. The molecule has 0 aromatic carbocycles. The molecular weight excluding hydrogens is 562 g/mol. The number of aromatic nitrogens is 7. The fraction of sp³-hybridized carbons (Fsp3) is 0.367. The Balaban J connectivity index is 1.59. The van der Waals surface area contributed by atoms with E-state index in [9.17, 15) is 14.4 Å². The molecule has 0 aliphatic heterocycles. The number of nitrogens with zero attached hydrogens (tertiary/aromatic N) is 8. The van der Waals surface area contributed by atoms with Gasteiger partial charge >= 0.3 is 0 Å². The van der Waals surface area contributed by atoms with Crippen LogP contribution < -0.4 is 16.4 Å². The molecule has 0 unspecified atom stereocenters. The largest absolute Gasteiger partial charge is 0.371 e. The third-order valence-corrected chi connectivity index (χ3v) is 7.35. The minimum absolute atomic E-state index is 0.216. The molecule has 3 amide bonds. The summed E-state index contributed by atoms with van der Waals surface area (Å²) < 4.78 is 5.31. The number of likely N-dealkylation sites (N-methyl/N-ethyl adjacent to an activating group) is 1. The number of amides is 3. The van der Waals surface area contributed by atoms with Crippen molar-refractivity contribution in [1.82, 2.24) is 38.8 Å².